The highest BCUT2D eigenvalue weighted by atomic mass is 19.1. The van der Waals surface area contributed by atoms with Gasteiger partial charge in [0.2, 0.25) is 0 Å². The first-order valence-electron chi connectivity index (χ1n) is 9.44. The molecule has 4 rings (SSSR count). The zero-order chi connectivity index (χ0) is 18.7. The van der Waals surface area contributed by atoms with Crippen LogP contribution in [0.15, 0.2) is 84.9 Å². The minimum absolute atomic E-state index is 0.242. The molecular formula is C24H24FNO. The molecule has 138 valence electrons. The Balaban J connectivity index is 1.71. The summed E-state index contributed by atoms with van der Waals surface area (Å²) in [6.07, 6.45) is 1.49. The summed E-state index contributed by atoms with van der Waals surface area (Å²) in [6.45, 7) is 1.39. The van der Waals surface area contributed by atoms with Gasteiger partial charge in [-0.05, 0) is 41.7 Å². The molecule has 1 atom stereocenters. The van der Waals surface area contributed by atoms with E-state index in [-0.39, 0.29) is 11.9 Å². The van der Waals surface area contributed by atoms with E-state index in [0.29, 0.717) is 13.1 Å². The molecular weight excluding hydrogens is 337 g/mol. The van der Waals surface area contributed by atoms with Crippen LogP contribution in [-0.2, 0) is 13.1 Å². The Morgan fingerprint density at radius 3 is 1.85 bits per heavy atom. The van der Waals surface area contributed by atoms with Crippen LogP contribution in [0.5, 0.6) is 0 Å². The van der Waals surface area contributed by atoms with Gasteiger partial charge < -0.3 is 5.11 Å². The van der Waals surface area contributed by atoms with Gasteiger partial charge in [0.25, 0.3) is 0 Å². The Morgan fingerprint density at radius 2 is 1.37 bits per heavy atom. The van der Waals surface area contributed by atoms with E-state index in [9.17, 15) is 9.50 Å². The average molecular weight is 361 g/mol. The Labute approximate surface area is 159 Å². The molecule has 1 saturated carbocycles. The van der Waals surface area contributed by atoms with E-state index in [0.717, 1.165) is 18.4 Å². The van der Waals surface area contributed by atoms with E-state index in [1.54, 1.807) is 12.1 Å². The summed E-state index contributed by atoms with van der Waals surface area (Å²) in [5.41, 5.74) is 2.40. The average Bonchev–Trinajstić information content (AvgIpc) is 3.41. The molecule has 1 fully saturated rings. The molecule has 1 aliphatic rings. The topological polar surface area (TPSA) is 23.5 Å². The van der Waals surface area contributed by atoms with Crippen molar-refractivity contribution in [2.24, 2.45) is 0 Å². The Hall–Kier alpha value is -2.49. The maximum Gasteiger partial charge on any atom is 0.123 e. The number of nitrogens with zero attached hydrogens (tertiary/aromatic N) is 1. The fraction of sp³-hybridized carbons (Fsp3) is 0.250. The normalized spacial score (nSPS) is 16.3. The standard InChI is InChI=1S/C24H24FNO/c25-22-13-7-12-21(16-22)23(24(27)14-15-24)26(17-19-8-3-1-4-9-19)18-20-10-5-2-6-11-20/h1-13,16,23,27H,14-15,17-18H2/t23-/m1/s1. The quantitative estimate of drug-likeness (QED) is 0.633. The first kappa shape index (κ1) is 17.9. The van der Waals surface area contributed by atoms with Crippen molar-refractivity contribution >= 4 is 0 Å². The number of hydrogen-bond acceptors (Lipinski definition) is 2. The third-order valence-corrected chi connectivity index (χ3v) is 5.26. The minimum atomic E-state index is -0.794. The molecule has 0 aliphatic heterocycles. The number of rotatable bonds is 7. The van der Waals surface area contributed by atoms with Crippen molar-refractivity contribution < 1.29 is 9.50 Å². The van der Waals surface area contributed by atoms with Gasteiger partial charge in [-0.3, -0.25) is 4.90 Å². The van der Waals surface area contributed by atoms with E-state index in [1.807, 2.05) is 42.5 Å². The van der Waals surface area contributed by atoms with Crippen LogP contribution in [0.3, 0.4) is 0 Å². The van der Waals surface area contributed by atoms with Gasteiger partial charge in [0.1, 0.15) is 5.82 Å². The summed E-state index contributed by atoms with van der Waals surface area (Å²) in [6, 6.07) is 26.9. The number of aliphatic hydroxyl groups is 1. The molecule has 2 nitrogen and oxygen atoms in total. The van der Waals surface area contributed by atoms with Crippen LogP contribution in [0.25, 0.3) is 0 Å². The molecule has 0 heterocycles. The summed E-state index contributed by atoms with van der Waals surface area (Å²) in [7, 11) is 0. The highest BCUT2D eigenvalue weighted by Crippen LogP contribution is 2.49. The van der Waals surface area contributed by atoms with Gasteiger partial charge in [0.15, 0.2) is 0 Å². The molecule has 1 aliphatic carbocycles. The molecule has 0 bridgehead atoms. The molecule has 0 amide bonds. The molecule has 3 heteroatoms. The Morgan fingerprint density at radius 1 is 0.815 bits per heavy atom. The van der Waals surface area contributed by atoms with Crippen LogP contribution in [-0.4, -0.2) is 15.6 Å². The monoisotopic (exact) mass is 361 g/mol. The van der Waals surface area contributed by atoms with Gasteiger partial charge in [-0.15, -0.1) is 0 Å². The van der Waals surface area contributed by atoms with E-state index in [1.165, 1.54) is 17.2 Å². The lowest BCUT2D eigenvalue weighted by molar-refractivity contribution is 0.0188. The van der Waals surface area contributed by atoms with E-state index in [2.05, 4.69) is 29.2 Å². The van der Waals surface area contributed by atoms with Crippen molar-refractivity contribution in [1.29, 1.82) is 0 Å². The maximum absolute atomic E-state index is 14.0. The lowest BCUT2D eigenvalue weighted by Crippen LogP contribution is -2.37. The fourth-order valence-electron chi connectivity index (χ4n) is 3.81. The van der Waals surface area contributed by atoms with Crippen molar-refractivity contribution in [2.75, 3.05) is 0 Å². The van der Waals surface area contributed by atoms with E-state index in [4.69, 9.17) is 0 Å². The summed E-state index contributed by atoms with van der Waals surface area (Å²) in [4.78, 5) is 2.27. The number of halogens is 1. The fourth-order valence-corrected chi connectivity index (χ4v) is 3.81. The summed E-state index contributed by atoms with van der Waals surface area (Å²) in [5, 5.41) is 11.1. The summed E-state index contributed by atoms with van der Waals surface area (Å²) >= 11 is 0. The van der Waals surface area contributed by atoms with Crippen molar-refractivity contribution in [3.8, 4) is 0 Å². The smallest absolute Gasteiger partial charge is 0.123 e. The van der Waals surface area contributed by atoms with Gasteiger partial charge in [-0.25, -0.2) is 4.39 Å². The van der Waals surface area contributed by atoms with Gasteiger partial charge in [0.05, 0.1) is 11.6 Å². The summed E-state index contributed by atoms with van der Waals surface area (Å²) < 4.78 is 14.0. The predicted octanol–water partition coefficient (Wildman–Crippen LogP) is 5.09. The van der Waals surface area contributed by atoms with Gasteiger partial charge in [0, 0.05) is 13.1 Å². The number of benzene rings is 3. The number of hydrogen-bond donors (Lipinski definition) is 1. The second-order valence-electron chi connectivity index (χ2n) is 7.44. The molecule has 0 spiro atoms. The molecule has 0 radical (unpaired) electrons. The van der Waals surface area contributed by atoms with Crippen LogP contribution in [0.4, 0.5) is 4.39 Å². The molecule has 0 unspecified atom stereocenters. The maximum atomic E-state index is 14.0. The van der Waals surface area contributed by atoms with Crippen LogP contribution in [0, 0.1) is 5.82 Å². The Bertz CT molecular complexity index is 836. The molecule has 0 saturated heterocycles. The van der Waals surface area contributed by atoms with E-state index >= 15 is 0 Å². The molecule has 27 heavy (non-hydrogen) atoms. The van der Waals surface area contributed by atoms with Crippen molar-refractivity contribution in [1.82, 2.24) is 4.90 Å². The molecule has 0 aromatic heterocycles. The minimum Gasteiger partial charge on any atom is -0.388 e. The van der Waals surface area contributed by atoms with Crippen molar-refractivity contribution in [3.63, 3.8) is 0 Å². The van der Waals surface area contributed by atoms with Gasteiger partial charge in [-0.1, -0.05) is 72.8 Å². The Kier molecular flexibility index (Phi) is 5.06. The van der Waals surface area contributed by atoms with Crippen molar-refractivity contribution in [2.45, 2.75) is 37.6 Å². The van der Waals surface area contributed by atoms with Crippen LogP contribution < -0.4 is 0 Å². The lowest BCUT2D eigenvalue weighted by atomic mass is 9.96. The third-order valence-electron chi connectivity index (χ3n) is 5.26. The second-order valence-corrected chi connectivity index (χ2v) is 7.44. The zero-order valence-corrected chi connectivity index (χ0v) is 15.3. The third kappa shape index (κ3) is 4.26. The van der Waals surface area contributed by atoms with Crippen LogP contribution in [0.2, 0.25) is 0 Å². The van der Waals surface area contributed by atoms with Gasteiger partial charge in [-0.2, -0.15) is 0 Å². The highest BCUT2D eigenvalue weighted by Gasteiger charge is 2.50. The SMILES string of the molecule is OC1([C@@H](c2cccc(F)c2)N(Cc2ccccc2)Cc2ccccc2)CC1. The largest absolute Gasteiger partial charge is 0.388 e. The molecule has 3 aromatic carbocycles. The molecule has 1 N–H and O–H groups in total. The first-order valence-corrected chi connectivity index (χ1v) is 9.44. The van der Waals surface area contributed by atoms with E-state index < -0.39 is 5.60 Å². The lowest BCUT2D eigenvalue weighted by Gasteiger charge is -2.36. The van der Waals surface area contributed by atoms with Crippen molar-refractivity contribution in [3.05, 3.63) is 107 Å². The summed E-state index contributed by atoms with van der Waals surface area (Å²) in [5.74, 6) is -0.263. The predicted molar refractivity (Wildman–Crippen MR) is 105 cm³/mol. The van der Waals surface area contributed by atoms with Gasteiger partial charge >= 0.3 is 0 Å². The van der Waals surface area contributed by atoms with Crippen LogP contribution in [0.1, 0.15) is 35.6 Å². The first-order chi connectivity index (χ1) is 13.1. The van der Waals surface area contributed by atoms with Crippen LogP contribution >= 0.6 is 0 Å². The zero-order valence-electron chi connectivity index (χ0n) is 15.3. The second kappa shape index (κ2) is 7.63. The highest BCUT2D eigenvalue weighted by molar-refractivity contribution is 5.28. The molecule has 3 aromatic rings.